The molecule has 0 aromatic rings. The first-order chi connectivity index (χ1) is 35.3. The first kappa shape index (κ1) is 67.9. The second-order valence-electron chi connectivity index (χ2n) is 21.1. The molecule has 6 N–H and O–H groups in total. The van der Waals surface area contributed by atoms with E-state index >= 15 is 0 Å². The predicted octanol–water partition coefficient (Wildman–Crippen LogP) is 15.5. The molecule has 1 amide bonds. The molecule has 1 aliphatic heterocycles. The van der Waals surface area contributed by atoms with E-state index in [-0.39, 0.29) is 12.5 Å². The predicted molar refractivity (Wildman–Crippen MR) is 304 cm³/mol. The van der Waals surface area contributed by atoms with Crippen LogP contribution in [0.3, 0.4) is 0 Å². The molecule has 0 spiro atoms. The van der Waals surface area contributed by atoms with Crippen molar-refractivity contribution in [1.29, 1.82) is 0 Å². The molecule has 1 heterocycles. The number of nitrogens with one attached hydrogen (secondary N) is 1. The van der Waals surface area contributed by atoms with Gasteiger partial charge in [0.25, 0.3) is 0 Å². The summed E-state index contributed by atoms with van der Waals surface area (Å²) in [6, 6.07) is -0.720. The minimum absolute atomic E-state index is 0.137. The van der Waals surface area contributed by atoms with Crippen LogP contribution in [-0.4, -0.2) is 87.5 Å². The van der Waals surface area contributed by atoms with Gasteiger partial charge in [-0.15, -0.1) is 0 Å². The molecule has 0 aromatic heterocycles. The van der Waals surface area contributed by atoms with E-state index in [1.807, 2.05) is 0 Å². The van der Waals surface area contributed by atoms with Crippen molar-refractivity contribution in [2.24, 2.45) is 0 Å². The van der Waals surface area contributed by atoms with Gasteiger partial charge in [-0.05, 0) is 57.8 Å². The summed E-state index contributed by atoms with van der Waals surface area (Å²) in [6.45, 7) is 3.75. The zero-order valence-electron chi connectivity index (χ0n) is 46.7. The average molecular weight is 1010 g/mol. The number of hydrogen-bond acceptors (Lipinski definition) is 8. The molecule has 420 valence electrons. The standard InChI is InChI=1S/C63H115NO8/c1-3-5-7-9-11-13-15-17-19-21-22-23-24-25-26-27-28-29-30-31-32-33-34-35-36-37-39-41-43-45-47-49-51-53-59(67)64-56(55-71-63-62(70)61(69)60(68)58(54-65)72-63)57(66)52-50-48-46-44-42-40-38-20-18-16-14-12-10-8-6-4-2/h5,7,11,13,17,19,22-23,25-26,56-58,60-63,65-66,68-70H,3-4,6,8-10,12,14-16,18,20-21,24,27-55H2,1-2H3,(H,64,67)/b7-5-,13-11-,19-17-,23-22-,26-25-. The Labute approximate surface area is 443 Å². The van der Waals surface area contributed by atoms with Crippen molar-refractivity contribution in [3.05, 3.63) is 60.8 Å². The molecule has 7 atom stereocenters. The fraction of sp³-hybridized carbons (Fsp3) is 0.825. The van der Waals surface area contributed by atoms with E-state index in [1.54, 1.807) is 0 Å². The molecule has 0 radical (unpaired) electrons. The van der Waals surface area contributed by atoms with E-state index in [9.17, 15) is 30.3 Å². The Morgan fingerprint density at radius 2 is 0.861 bits per heavy atom. The van der Waals surface area contributed by atoms with Crippen LogP contribution in [0, 0.1) is 0 Å². The zero-order chi connectivity index (χ0) is 52.2. The summed E-state index contributed by atoms with van der Waals surface area (Å²) < 4.78 is 11.3. The number of amides is 1. The summed E-state index contributed by atoms with van der Waals surface area (Å²) in [4.78, 5) is 13.1. The summed E-state index contributed by atoms with van der Waals surface area (Å²) in [5, 5.41) is 54.7. The number of aliphatic hydroxyl groups is 5. The first-order valence-corrected chi connectivity index (χ1v) is 30.5. The number of carbonyl (C=O) groups is 1. The fourth-order valence-electron chi connectivity index (χ4n) is 9.60. The lowest BCUT2D eigenvalue weighted by Crippen LogP contribution is -2.60. The Bertz CT molecular complexity index is 1310. The van der Waals surface area contributed by atoms with Gasteiger partial charge in [0, 0.05) is 6.42 Å². The summed E-state index contributed by atoms with van der Waals surface area (Å²) >= 11 is 0. The molecule has 1 saturated heterocycles. The normalized spacial score (nSPS) is 19.6. The fourth-order valence-corrected chi connectivity index (χ4v) is 9.60. The maximum atomic E-state index is 13.1. The Morgan fingerprint density at radius 3 is 1.28 bits per heavy atom. The van der Waals surface area contributed by atoms with E-state index in [2.05, 4.69) is 79.9 Å². The smallest absolute Gasteiger partial charge is 0.220 e. The number of carbonyl (C=O) groups excluding carboxylic acids is 1. The van der Waals surface area contributed by atoms with Crippen molar-refractivity contribution in [2.45, 2.75) is 320 Å². The van der Waals surface area contributed by atoms with Crippen LogP contribution in [0.1, 0.15) is 277 Å². The van der Waals surface area contributed by atoms with E-state index < -0.39 is 49.5 Å². The molecule has 1 aliphatic rings. The Kier molecular flexibility index (Phi) is 49.4. The molecule has 1 rings (SSSR count). The molecule has 0 aliphatic carbocycles. The van der Waals surface area contributed by atoms with Crippen molar-refractivity contribution in [3.8, 4) is 0 Å². The number of aliphatic hydroxyl groups excluding tert-OH is 5. The zero-order valence-corrected chi connectivity index (χ0v) is 46.7. The van der Waals surface area contributed by atoms with E-state index in [0.717, 1.165) is 70.6 Å². The van der Waals surface area contributed by atoms with Gasteiger partial charge in [-0.25, -0.2) is 0 Å². The first-order valence-electron chi connectivity index (χ1n) is 30.5. The lowest BCUT2D eigenvalue weighted by atomic mass is 9.99. The quantitative estimate of drug-likeness (QED) is 0.0261. The lowest BCUT2D eigenvalue weighted by Gasteiger charge is -2.40. The Morgan fingerprint density at radius 1 is 0.486 bits per heavy atom. The van der Waals surface area contributed by atoms with Gasteiger partial charge in [0.1, 0.15) is 24.4 Å². The van der Waals surface area contributed by atoms with Gasteiger partial charge in [0.05, 0.1) is 25.4 Å². The minimum atomic E-state index is -1.55. The van der Waals surface area contributed by atoms with Crippen molar-refractivity contribution >= 4 is 5.91 Å². The van der Waals surface area contributed by atoms with Gasteiger partial charge >= 0.3 is 0 Å². The Hall–Kier alpha value is -2.11. The van der Waals surface area contributed by atoms with E-state index in [1.165, 1.54) is 180 Å². The summed E-state index contributed by atoms with van der Waals surface area (Å²) in [5.41, 5.74) is 0. The number of hydrogen-bond donors (Lipinski definition) is 6. The number of unbranched alkanes of at least 4 members (excludes halogenated alkanes) is 32. The molecule has 9 heteroatoms. The van der Waals surface area contributed by atoms with Crippen LogP contribution >= 0.6 is 0 Å². The molecule has 72 heavy (non-hydrogen) atoms. The van der Waals surface area contributed by atoms with Crippen molar-refractivity contribution in [3.63, 3.8) is 0 Å². The van der Waals surface area contributed by atoms with Gasteiger partial charge in [-0.3, -0.25) is 4.79 Å². The third kappa shape index (κ3) is 41.2. The number of rotatable bonds is 52. The molecule has 1 fully saturated rings. The molecule has 9 nitrogen and oxygen atoms in total. The highest BCUT2D eigenvalue weighted by Gasteiger charge is 2.44. The molecule has 0 aromatic carbocycles. The van der Waals surface area contributed by atoms with Crippen LogP contribution in [0.25, 0.3) is 0 Å². The summed E-state index contributed by atoms with van der Waals surface area (Å²) in [5.74, 6) is -0.142. The van der Waals surface area contributed by atoms with Gasteiger partial charge in [0.15, 0.2) is 6.29 Å². The topological polar surface area (TPSA) is 149 Å². The largest absolute Gasteiger partial charge is 0.394 e. The molecule has 0 bridgehead atoms. The van der Waals surface area contributed by atoms with Gasteiger partial charge in [-0.2, -0.15) is 0 Å². The third-order valence-electron chi connectivity index (χ3n) is 14.4. The van der Waals surface area contributed by atoms with Crippen molar-refractivity contribution in [2.75, 3.05) is 13.2 Å². The van der Waals surface area contributed by atoms with E-state index in [4.69, 9.17) is 9.47 Å². The van der Waals surface area contributed by atoms with Crippen LogP contribution < -0.4 is 5.32 Å². The molecule has 7 unspecified atom stereocenters. The van der Waals surface area contributed by atoms with Crippen LogP contribution in [-0.2, 0) is 14.3 Å². The third-order valence-corrected chi connectivity index (χ3v) is 14.4. The summed E-state index contributed by atoms with van der Waals surface area (Å²) in [6.07, 6.45) is 64.0. The highest BCUT2D eigenvalue weighted by Crippen LogP contribution is 2.23. The number of ether oxygens (including phenoxy) is 2. The molecular weight excluding hydrogens is 899 g/mol. The van der Waals surface area contributed by atoms with E-state index in [0.29, 0.717) is 12.8 Å². The Balaban J connectivity index is 2.12. The van der Waals surface area contributed by atoms with Crippen molar-refractivity contribution < 1.29 is 39.8 Å². The van der Waals surface area contributed by atoms with Crippen LogP contribution in [0.2, 0.25) is 0 Å². The molecular formula is C63H115NO8. The van der Waals surface area contributed by atoms with Crippen molar-refractivity contribution in [1.82, 2.24) is 5.32 Å². The van der Waals surface area contributed by atoms with Crippen LogP contribution in [0.4, 0.5) is 0 Å². The highest BCUT2D eigenvalue weighted by atomic mass is 16.7. The van der Waals surface area contributed by atoms with Crippen LogP contribution in [0.5, 0.6) is 0 Å². The second-order valence-corrected chi connectivity index (χ2v) is 21.1. The maximum absolute atomic E-state index is 13.1. The second kappa shape index (κ2) is 52.3. The summed E-state index contributed by atoms with van der Waals surface area (Å²) in [7, 11) is 0. The van der Waals surface area contributed by atoms with Crippen LogP contribution in [0.15, 0.2) is 60.8 Å². The minimum Gasteiger partial charge on any atom is -0.394 e. The van der Waals surface area contributed by atoms with Gasteiger partial charge < -0.3 is 40.3 Å². The average Bonchev–Trinajstić information content (AvgIpc) is 3.38. The number of allylic oxidation sites excluding steroid dienone is 10. The van der Waals surface area contributed by atoms with Gasteiger partial charge in [0.2, 0.25) is 5.91 Å². The highest BCUT2D eigenvalue weighted by molar-refractivity contribution is 5.76. The maximum Gasteiger partial charge on any atom is 0.220 e. The molecule has 0 saturated carbocycles. The SMILES string of the molecule is CC/C=C\C/C=C\C/C=C\C/C=C\C/C=C\CCCCCCCCCCCCCCCCCCCC(=O)NC(COC1OC(CO)C(O)C(O)C1O)C(O)CCCCCCCCCCCCCCCCCC. The monoisotopic (exact) mass is 1010 g/mol. The lowest BCUT2D eigenvalue weighted by molar-refractivity contribution is -0.302. The van der Waals surface area contributed by atoms with Gasteiger partial charge in [-0.1, -0.05) is 274 Å².